The van der Waals surface area contributed by atoms with Gasteiger partial charge in [0.25, 0.3) is 5.91 Å². The zero-order valence-electron chi connectivity index (χ0n) is 16.5. The summed E-state index contributed by atoms with van der Waals surface area (Å²) in [5.74, 6) is 0.904. The molecule has 0 spiro atoms. The Morgan fingerprint density at radius 2 is 1.96 bits per heavy atom. The van der Waals surface area contributed by atoms with Crippen LogP contribution < -0.4 is 10.6 Å². The number of carbonyl (C=O) groups excluding carboxylic acids is 1. The Hall–Kier alpha value is -1.36. The number of hydrogen-bond acceptors (Lipinski definition) is 3. The quantitative estimate of drug-likeness (QED) is 0.875. The van der Waals surface area contributed by atoms with Crippen LogP contribution in [0.15, 0.2) is 0 Å². The maximum Gasteiger partial charge on any atom is 0.272 e. The average Bonchev–Trinajstić information content (AvgIpc) is 2.87. The lowest BCUT2D eigenvalue weighted by molar-refractivity contribution is -0.142. The summed E-state index contributed by atoms with van der Waals surface area (Å²) in [6.07, 6.45) is 8.97. The minimum absolute atomic E-state index is 0.0369. The molecule has 5 nitrogen and oxygen atoms in total. The summed E-state index contributed by atoms with van der Waals surface area (Å²) in [6.45, 7) is 7.57. The number of nitrogens with one attached hydrogen (secondary N) is 2. The predicted octanol–water partition coefficient (Wildman–Crippen LogP) is 2.79. The summed E-state index contributed by atoms with van der Waals surface area (Å²) >= 11 is 0. The molecule has 1 aromatic rings. The van der Waals surface area contributed by atoms with Crippen LogP contribution >= 0.6 is 0 Å². The van der Waals surface area contributed by atoms with Gasteiger partial charge in [-0.15, -0.1) is 0 Å². The van der Waals surface area contributed by atoms with Crippen LogP contribution in [-0.4, -0.2) is 28.8 Å². The van der Waals surface area contributed by atoms with Crippen molar-refractivity contribution in [2.24, 2.45) is 29.2 Å². The highest BCUT2D eigenvalue weighted by atomic mass is 16.2. The van der Waals surface area contributed by atoms with Gasteiger partial charge in [0.2, 0.25) is 0 Å². The smallest absolute Gasteiger partial charge is 0.272 e. The van der Waals surface area contributed by atoms with Crippen molar-refractivity contribution in [1.82, 2.24) is 20.4 Å². The normalized spacial score (nSPS) is 40.5. The third-order valence-electron chi connectivity index (χ3n) is 7.70. The van der Waals surface area contributed by atoms with Gasteiger partial charge in [0.1, 0.15) is 0 Å². The lowest BCUT2D eigenvalue weighted by Gasteiger charge is -2.65. The van der Waals surface area contributed by atoms with Crippen molar-refractivity contribution in [3.05, 3.63) is 17.0 Å². The number of amides is 1. The minimum Gasteiger partial charge on any atom is -0.350 e. The van der Waals surface area contributed by atoms with Crippen molar-refractivity contribution in [3.63, 3.8) is 0 Å². The Morgan fingerprint density at radius 3 is 2.65 bits per heavy atom. The van der Waals surface area contributed by atoms with Crippen molar-refractivity contribution in [2.45, 2.75) is 65.3 Å². The molecule has 4 fully saturated rings. The zero-order valence-corrected chi connectivity index (χ0v) is 16.5. The molecular formula is C21H32N4O. The van der Waals surface area contributed by atoms with Crippen LogP contribution in [0.4, 0.5) is 0 Å². The third kappa shape index (κ3) is 2.54. The molecule has 4 saturated carbocycles. The fraction of sp³-hybridized carbons (Fsp3) is 0.810. The molecule has 2 unspecified atom stereocenters. The standard InChI is InChI=1S/C21H32N4O/c1-19-6-14-7-20(2,10-19)12-21(8-14,11-19)13-23-18(26)17-15-4-5-22-9-16(15)25(3)24-17/h14,22H,4-13H2,1-3H3,(H,23,26). The van der Waals surface area contributed by atoms with E-state index in [-0.39, 0.29) is 5.91 Å². The molecule has 5 heteroatoms. The van der Waals surface area contributed by atoms with Gasteiger partial charge in [0.15, 0.2) is 5.69 Å². The second-order valence-electron chi connectivity index (χ2n) is 10.6. The summed E-state index contributed by atoms with van der Waals surface area (Å²) in [7, 11) is 1.95. The number of fused-ring (bicyclic) bond motifs is 1. The largest absolute Gasteiger partial charge is 0.350 e. The molecule has 2 heterocycles. The van der Waals surface area contributed by atoms with Crippen molar-refractivity contribution in [2.75, 3.05) is 13.1 Å². The molecule has 142 valence electrons. The molecular weight excluding hydrogens is 324 g/mol. The van der Waals surface area contributed by atoms with E-state index in [0.717, 1.165) is 43.2 Å². The second kappa shape index (κ2) is 5.34. The Bertz CT molecular complexity index is 748. The fourth-order valence-electron chi connectivity index (χ4n) is 7.92. The molecule has 0 radical (unpaired) electrons. The molecule has 26 heavy (non-hydrogen) atoms. The summed E-state index contributed by atoms with van der Waals surface area (Å²) in [5, 5.41) is 11.2. The van der Waals surface area contributed by atoms with Gasteiger partial charge in [-0.05, 0) is 73.7 Å². The van der Waals surface area contributed by atoms with E-state index in [1.807, 2.05) is 11.7 Å². The van der Waals surface area contributed by atoms with Crippen LogP contribution in [0.3, 0.4) is 0 Å². The van der Waals surface area contributed by atoms with E-state index in [0.29, 0.717) is 21.9 Å². The van der Waals surface area contributed by atoms with Gasteiger partial charge < -0.3 is 10.6 Å². The topological polar surface area (TPSA) is 59.0 Å². The van der Waals surface area contributed by atoms with E-state index in [4.69, 9.17) is 0 Å². The van der Waals surface area contributed by atoms with Crippen LogP contribution in [0.1, 0.15) is 74.1 Å². The number of carbonyl (C=O) groups is 1. The van der Waals surface area contributed by atoms with Gasteiger partial charge in [0, 0.05) is 25.7 Å². The number of aromatic nitrogens is 2. The molecule has 6 rings (SSSR count). The van der Waals surface area contributed by atoms with Gasteiger partial charge in [-0.1, -0.05) is 13.8 Å². The third-order valence-corrected chi connectivity index (χ3v) is 7.70. The van der Waals surface area contributed by atoms with Crippen LogP contribution in [-0.2, 0) is 20.0 Å². The van der Waals surface area contributed by atoms with Crippen LogP contribution in [0.25, 0.3) is 0 Å². The van der Waals surface area contributed by atoms with E-state index in [1.54, 1.807) is 0 Å². The summed E-state index contributed by atoms with van der Waals surface area (Å²) in [4.78, 5) is 13.0. The molecule has 2 N–H and O–H groups in total. The first-order chi connectivity index (χ1) is 12.3. The van der Waals surface area contributed by atoms with Crippen LogP contribution in [0.2, 0.25) is 0 Å². The number of aryl methyl sites for hydroxylation is 1. The van der Waals surface area contributed by atoms with Crippen molar-refractivity contribution < 1.29 is 4.79 Å². The lowest BCUT2D eigenvalue weighted by Crippen LogP contribution is -2.58. The average molecular weight is 357 g/mol. The van der Waals surface area contributed by atoms with Crippen LogP contribution in [0.5, 0.6) is 0 Å². The molecule has 1 aromatic heterocycles. The number of hydrogen-bond donors (Lipinski definition) is 2. The number of rotatable bonds is 3. The highest BCUT2D eigenvalue weighted by molar-refractivity contribution is 5.94. The van der Waals surface area contributed by atoms with E-state index >= 15 is 0 Å². The van der Waals surface area contributed by atoms with Crippen molar-refractivity contribution in [1.29, 1.82) is 0 Å². The Morgan fingerprint density at radius 1 is 1.23 bits per heavy atom. The molecule has 5 aliphatic rings. The molecule has 1 amide bonds. The van der Waals surface area contributed by atoms with Gasteiger partial charge in [-0.3, -0.25) is 9.48 Å². The van der Waals surface area contributed by atoms with Crippen LogP contribution in [0, 0.1) is 22.2 Å². The minimum atomic E-state index is 0.0369. The first kappa shape index (κ1) is 16.8. The molecule has 4 bridgehead atoms. The van der Waals surface area contributed by atoms with Gasteiger partial charge >= 0.3 is 0 Å². The molecule has 0 aromatic carbocycles. The Labute approximate surface area is 156 Å². The maximum absolute atomic E-state index is 13.0. The number of nitrogens with zero attached hydrogens (tertiary/aromatic N) is 2. The van der Waals surface area contributed by atoms with Crippen molar-refractivity contribution >= 4 is 5.91 Å². The zero-order chi connectivity index (χ0) is 18.2. The first-order valence-corrected chi connectivity index (χ1v) is 10.3. The van der Waals surface area contributed by atoms with Crippen molar-refractivity contribution in [3.8, 4) is 0 Å². The molecule has 4 aliphatic carbocycles. The second-order valence-corrected chi connectivity index (χ2v) is 10.6. The predicted molar refractivity (Wildman–Crippen MR) is 101 cm³/mol. The monoisotopic (exact) mass is 356 g/mol. The summed E-state index contributed by atoms with van der Waals surface area (Å²) < 4.78 is 1.88. The Balaban J connectivity index is 1.35. The fourth-order valence-corrected chi connectivity index (χ4v) is 7.92. The highest BCUT2D eigenvalue weighted by Crippen LogP contribution is 2.69. The SMILES string of the molecule is Cn1nc(C(=O)NCC23CC4CC(C)(CC(C)(C4)C2)C3)c2c1CNCC2. The summed E-state index contributed by atoms with van der Waals surface area (Å²) in [6, 6.07) is 0. The summed E-state index contributed by atoms with van der Waals surface area (Å²) in [5.41, 5.74) is 4.27. The van der Waals surface area contributed by atoms with E-state index in [9.17, 15) is 4.79 Å². The van der Waals surface area contributed by atoms with E-state index in [2.05, 4.69) is 29.6 Å². The molecule has 2 atom stereocenters. The Kier molecular flexibility index (Phi) is 3.45. The maximum atomic E-state index is 13.0. The van der Waals surface area contributed by atoms with E-state index < -0.39 is 0 Å². The van der Waals surface area contributed by atoms with E-state index in [1.165, 1.54) is 38.5 Å². The van der Waals surface area contributed by atoms with Gasteiger partial charge in [-0.2, -0.15) is 5.10 Å². The molecule has 1 aliphatic heterocycles. The van der Waals surface area contributed by atoms with Gasteiger partial charge in [-0.25, -0.2) is 0 Å². The highest BCUT2D eigenvalue weighted by Gasteiger charge is 2.59. The first-order valence-electron chi connectivity index (χ1n) is 10.3. The molecule has 0 saturated heterocycles. The lowest BCUT2D eigenvalue weighted by atomic mass is 9.40. The van der Waals surface area contributed by atoms with Gasteiger partial charge in [0.05, 0.1) is 5.69 Å².